The molecule has 0 saturated carbocycles. The molecule has 0 radical (unpaired) electrons. The number of likely N-dealkylation sites (tertiary alicyclic amines) is 1. The Kier molecular flexibility index (Phi) is 5.07. The fourth-order valence-corrected chi connectivity index (χ4v) is 3.12. The molecule has 25 heavy (non-hydrogen) atoms. The Bertz CT molecular complexity index is 770. The lowest BCUT2D eigenvalue weighted by atomic mass is 10.1. The van der Waals surface area contributed by atoms with E-state index >= 15 is 0 Å². The van der Waals surface area contributed by atoms with Crippen molar-refractivity contribution < 1.29 is 19.0 Å². The number of amides is 1. The Morgan fingerprint density at radius 3 is 2.36 bits per heavy atom. The third-order valence-corrected chi connectivity index (χ3v) is 4.38. The zero-order valence-corrected chi connectivity index (χ0v) is 14.7. The first kappa shape index (κ1) is 17.1. The van der Waals surface area contributed by atoms with Gasteiger partial charge in [-0.3, -0.25) is 9.78 Å². The van der Waals surface area contributed by atoms with Crippen molar-refractivity contribution in [1.29, 1.82) is 0 Å². The highest BCUT2D eigenvalue weighted by Crippen LogP contribution is 2.43. The summed E-state index contributed by atoms with van der Waals surface area (Å²) < 4.78 is 16.3. The normalized spacial score (nSPS) is 13.6. The minimum absolute atomic E-state index is 0.0422. The average molecular weight is 342 g/mol. The molecule has 0 bridgehead atoms. The molecule has 6 nitrogen and oxygen atoms in total. The molecule has 1 fully saturated rings. The molecule has 1 aromatic carbocycles. The molecule has 0 unspecified atom stereocenters. The van der Waals surface area contributed by atoms with E-state index < -0.39 is 0 Å². The van der Waals surface area contributed by atoms with Crippen LogP contribution in [0.4, 0.5) is 0 Å². The minimum atomic E-state index is 0.0422. The van der Waals surface area contributed by atoms with E-state index in [4.69, 9.17) is 14.2 Å². The quantitative estimate of drug-likeness (QED) is 0.836. The average Bonchev–Trinajstić information content (AvgIpc) is 3.20. The van der Waals surface area contributed by atoms with Gasteiger partial charge < -0.3 is 19.1 Å². The van der Waals surface area contributed by atoms with Crippen LogP contribution in [0.3, 0.4) is 0 Å². The van der Waals surface area contributed by atoms with Crippen molar-refractivity contribution in [2.45, 2.75) is 12.8 Å². The van der Waals surface area contributed by atoms with Crippen molar-refractivity contribution in [1.82, 2.24) is 9.88 Å². The molecule has 0 atom stereocenters. The van der Waals surface area contributed by atoms with Gasteiger partial charge in [-0.25, -0.2) is 0 Å². The van der Waals surface area contributed by atoms with Gasteiger partial charge >= 0.3 is 0 Å². The molecule has 1 aliphatic rings. The van der Waals surface area contributed by atoms with Crippen LogP contribution in [0, 0.1) is 0 Å². The summed E-state index contributed by atoms with van der Waals surface area (Å²) in [4.78, 5) is 18.9. The van der Waals surface area contributed by atoms with Gasteiger partial charge in [0, 0.05) is 30.4 Å². The largest absolute Gasteiger partial charge is 0.493 e. The Labute approximate surface area is 147 Å². The first-order chi connectivity index (χ1) is 12.2. The van der Waals surface area contributed by atoms with Gasteiger partial charge in [0.15, 0.2) is 11.5 Å². The number of benzene rings is 1. The summed E-state index contributed by atoms with van der Waals surface area (Å²) in [5.74, 6) is 1.65. The molecule has 0 spiro atoms. The molecule has 1 aromatic heterocycles. The van der Waals surface area contributed by atoms with Gasteiger partial charge in [-0.05, 0) is 37.1 Å². The molecule has 6 heteroatoms. The second-order valence-corrected chi connectivity index (χ2v) is 5.81. The van der Waals surface area contributed by atoms with E-state index in [9.17, 15) is 4.79 Å². The SMILES string of the molecule is COc1ccc(-c2cc(C(=O)N3CCCC3)ccn2)c(OC)c1OC. The van der Waals surface area contributed by atoms with E-state index in [0.717, 1.165) is 31.5 Å². The van der Waals surface area contributed by atoms with E-state index in [-0.39, 0.29) is 5.91 Å². The number of nitrogens with zero attached hydrogens (tertiary/aromatic N) is 2. The topological polar surface area (TPSA) is 60.9 Å². The molecule has 0 N–H and O–H groups in total. The summed E-state index contributed by atoms with van der Waals surface area (Å²) in [7, 11) is 4.70. The van der Waals surface area contributed by atoms with E-state index in [2.05, 4.69) is 4.98 Å². The lowest BCUT2D eigenvalue weighted by molar-refractivity contribution is 0.0792. The van der Waals surface area contributed by atoms with Gasteiger partial charge in [-0.1, -0.05) is 0 Å². The number of hydrogen-bond donors (Lipinski definition) is 0. The molecule has 1 amide bonds. The standard InChI is InChI=1S/C19H22N2O4/c1-23-16-7-6-14(17(24-2)18(16)25-3)15-12-13(8-9-20-15)19(22)21-10-4-5-11-21/h6-9,12H,4-5,10-11H2,1-3H3. The highest BCUT2D eigenvalue weighted by atomic mass is 16.5. The minimum Gasteiger partial charge on any atom is -0.493 e. The lowest BCUT2D eigenvalue weighted by Crippen LogP contribution is -2.27. The van der Waals surface area contributed by atoms with Crippen LogP contribution in [0.1, 0.15) is 23.2 Å². The first-order valence-corrected chi connectivity index (χ1v) is 8.24. The van der Waals surface area contributed by atoms with Crippen molar-refractivity contribution in [2.75, 3.05) is 34.4 Å². The summed E-state index contributed by atoms with van der Waals surface area (Å²) in [5.41, 5.74) is 2.03. The van der Waals surface area contributed by atoms with Gasteiger partial charge in [-0.15, -0.1) is 0 Å². The van der Waals surface area contributed by atoms with Crippen molar-refractivity contribution in [3.63, 3.8) is 0 Å². The van der Waals surface area contributed by atoms with E-state index in [1.165, 1.54) is 0 Å². The van der Waals surface area contributed by atoms with Gasteiger partial charge in [0.05, 0.1) is 27.0 Å². The summed E-state index contributed by atoms with van der Waals surface area (Å²) in [6.45, 7) is 1.63. The van der Waals surface area contributed by atoms with Crippen LogP contribution in [0.5, 0.6) is 17.2 Å². The molecule has 1 aliphatic heterocycles. The molecule has 2 aromatic rings. The Morgan fingerprint density at radius 1 is 1.00 bits per heavy atom. The number of carbonyl (C=O) groups is 1. The first-order valence-electron chi connectivity index (χ1n) is 8.24. The predicted octanol–water partition coefficient (Wildman–Crippen LogP) is 3.01. The molecule has 1 saturated heterocycles. The summed E-state index contributed by atoms with van der Waals surface area (Å²) in [5, 5.41) is 0. The zero-order valence-electron chi connectivity index (χ0n) is 14.7. The number of aromatic nitrogens is 1. The van der Waals surface area contributed by atoms with Crippen LogP contribution in [-0.4, -0.2) is 50.2 Å². The predicted molar refractivity (Wildman–Crippen MR) is 94.5 cm³/mol. The van der Waals surface area contributed by atoms with Gasteiger partial charge in [-0.2, -0.15) is 0 Å². The maximum Gasteiger partial charge on any atom is 0.253 e. The van der Waals surface area contributed by atoms with Crippen LogP contribution >= 0.6 is 0 Å². The highest BCUT2D eigenvalue weighted by Gasteiger charge is 2.22. The van der Waals surface area contributed by atoms with Crippen molar-refractivity contribution in [2.24, 2.45) is 0 Å². The fourth-order valence-electron chi connectivity index (χ4n) is 3.12. The number of ether oxygens (including phenoxy) is 3. The van der Waals surface area contributed by atoms with Gasteiger partial charge in [0.1, 0.15) is 0 Å². The maximum absolute atomic E-state index is 12.6. The van der Waals surface area contributed by atoms with E-state index in [0.29, 0.717) is 28.5 Å². The van der Waals surface area contributed by atoms with Crippen LogP contribution in [0.15, 0.2) is 30.5 Å². The number of pyridine rings is 1. The number of carbonyl (C=O) groups excluding carboxylic acids is 1. The number of methoxy groups -OCH3 is 3. The van der Waals surface area contributed by atoms with E-state index in [1.807, 2.05) is 11.0 Å². The smallest absolute Gasteiger partial charge is 0.253 e. The summed E-state index contributed by atoms with van der Waals surface area (Å²) in [6.07, 6.45) is 3.77. The molecular weight excluding hydrogens is 320 g/mol. The number of rotatable bonds is 5. The Morgan fingerprint density at radius 2 is 1.72 bits per heavy atom. The van der Waals surface area contributed by atoms with Gasteiger partial charge in [0.25, 0.3) is 5.91 Å². The third-order valence-electron chi connectivity index (χ3n) is 4.38. The zero-order chi connectivity index (χ0) is 17.8. The van der Waals surface area contributed by atoms with Crippen LogP contribution in [-0.2, 0) is 0 Å². The van der Waals surface area contributed by atoms with Crippen molar-refractivity contribution in [3.8, 4) is 28.5 Å². The molecule has 132 valence electrons. The highest BCUT2D eigenvalue weighted by molar-refractivity contribution is 5.95. The van der Waals surface area contributed by atoms with Crippen LogP contribution < -0.4 is 14.2 Å². The summed E-state index contributed by atoms with van der Waals surface area (Å²) >= 11 is 0. The second kappa shape index (κ2) is 7.42. The monoisotopic (exact) mass is 342 g/mol. The summed E-state index contributed by atoms with van der Waals surface area (Å²) in [6, 6.07) is 7.20. The Hall–Kier alpha value is -2.76. The van der Waals surface area contributed by atoms with Crippen LogP contribution in [0.2, 0.25) is 0 Å². The van der Waals surface area contributed by atoms with Crippen molar-refractivity contribution in [3.05, 3.63) is 36.0 Å². The van der Waals surface area contributed by atoms with Gasteiger partial charge in [0.2, 0.25) is 5.75 Å². The Balaban J connectivity index is 2.02. The molecule has 0 aliphatic carbocycles. The number of hydrogen-bond acceptors (Lipinski definition) is 5. The van der Waals surface area contributed by atoms with Crippen LogP contribution in [0.25, 0.3) is 11.3 Å². The van der Waals surface area contributed by atoms with E-state index in [1.54, 1.807) is 45.7 Å². The fraction of sp³-hybridized carbons (Fsp3) is 0.368. The maximum atomic E-state index is 12.6. The molecular formula is C19H22N2O4. The third kappa shape index (κ3) is 3.24. The molecule has 2 heterocycles. The van der Waals surface area contributed by atoms with Crippen molar-refractivity contribution >= 4 is 5.91 Å². The second-order valence-electron chi connectivity index (χ2n) is 5.81. The lowest BCUT2D eigenvalue weighted by Gasteiger charge is -2.17. The molecule has 3 rings (SSSR count).